The largest absolute Gasteiger partial charge is 0.387 e. The maximum absolute atomic E-state index is 5.61. The van der Waals surface area contributed by atoms with Gasteiger partial charge in [-0.25, -0.2) is 4.98 Å². The van der Waals surface area contributed by atoms with Gasteiger partial charge in [0.1, 0.15) is 4.99 Å². The molecule has 0 aliphatic heterocycles. The maximum Gasteiger partial charge on any atom is 0.167 e. The number of halogens is 1. The van der Waals surface area contributed by atoms with Crippen LogP contribution in [-0.4, -0.2) is 24.3 Å². The molecule has 0 fully saturated rings. The molecule has 2 N–H and O–H groups in total. The molecule has 0 saturated carbocycles. The highest BCUT2D eigenvalue weighted by molar-refractivity contribution is 9.10. The van der Waals surface area contributed by atoms with Crippen LogP contribution in [0.2, 0.25) is 0 Å². The van der Waals surface area contributed by atoms with Crippen LogP contribution in [0.1, 0.15) is 17.2 Å². The number of nitrogens with zero attached hydrogens (tertiary/aromatic N) is 4. The smallest absolute Gasteiger partial charge is 0.167 e. The monoisotopic (exact) mass is 313 g/mol. The fraction of sp³-hybridized carbons (Fsp3) is 0.300. The van der Waals surface area contributed by atoms with Crippen LogP contribution in [-0.2, 0) is 13.6 Å². The maximum atomic E-state index is 5.61. The van der Waals surface area contributed by atoms with Gasteiger partial charge in [0.25, 0.3) is 0 Å². The SMILES string of the molecule is Cc1nn(C)c(Cn2ccnc2C(N)=S)c1Br. The number of hydrogen-bond acceptors (Lipinski definition) is 3. The highest BCUT2D eigenvalue weighted by Gasteiger charge is 2.13. The summed E-state index contributed by atoms with van der Waals surface area (Å²) >= 11 is 8.48. The fourth-order valence-corrected chi connectivity index (χ4v) is 2.31. The van der Waals surface area contributed by atoms with Crippen LogP contribution in [0.3, 0.4) is 0 Å². The molecule has 2 aromatic heterocycles. The molecular weight excluding hydrogens is 302 g/mol. The fourth-order valence-electron chi connectivity index (χ4n) is 1.68. The van der Waals surface area contributed by atoms with Gasteiger partial charge in [0.15, 0.2) is 5.82 Å². The molecule has 0 saturated heterocycles. The van der Waals surface area contributed by atoms with Gasteiger partial charge >= 0.3 is 0 Å². The Balaban J connectivity index is 2.38. The van der Waals surface area contributed by atoms with Crippen molar-refractivity contribution in [2.24, 2.45) is 12.8 Å². The van der Waals surface area contributed by atoms with Crippen molar-refractivity contribution < 1.29 is 0 Å². The lowest BCUT2D eigenvalue weighted by molar-refractivity contribution is 0.659. The van der Waals surface area contributed by atoms with Gasteiger partial charge in [0.2, 0.25) is 0 Å². The van der Waals surface area contributed by atoms with Crippen molar-refractivity contribution in [3.8, 4) is 0 Å². The summed E-state index contributed by atoms with van der Waals surface area (Å²) in [7, 11) is 1.91. The topological polar surface area (TPSA) is 61.7 Å². The molecule has 7 heteroatoms. The summed E-state index contributed by atoms with van der Waals surface area (Å²) in [5.41, 5.74) is 7.62. The summed E-state index contributed by atoms with van der Waals surface area (Å²) < 4.78 is 4.74. The van der Waals surface area contributed by atoms with E-state index >= 15 is 0 Å². The zero-order valence-corrected chi connectivity index (χ0v) is 11.9. The molecule has 2 aromatic rings. The Hall–Kier alpha value is -1.21. The second-order valence-corrected chi connectivity index (χ2v) is 4.95. The van der Waals surface area contributed by atoms with Crippen LogP contribution in [0, 0.1) is 6.92 Å². The summed E-state index contributed by atoms with van der Waals surface area (Å²) in [6.07, 6.45) is 3.54. The first-order chi connectivity index (χ1) is 8.00. The van der Waals surface area contributed by atoms with Gasteiger partial charge in [0.05, 0.1) is 22.4 Å². The van der Waals surface area contributed by atoms with Crippen LogP contribution < -0.4 is 5.73 Å². The summed E-state index contributed by atoms with van der Waals surface area (Å²) in [6, 6.07) is 0. The molecule has 0 aliphatic rings. The molecule has 0 radical (unpaired) electrons. The average molecular weight is 314 g/mol. The Labute approximate surface area is 113 Å². The van der Waals surface area contributed by atoms with Gasteiger partial charge in [-0.3, -0.25) is 4.68 Å². The van der Waals surface area contributed by atoms with Crippen LogP contribution in [0.25, 0.3) is 0 Å². The van der Waals surface area contributed by atoms with E-state index in [9.17, 15) is 0 Å². The van der Waals surface area contributed by atoms with E-state index in [1.54, 1.807) is 6.20 Å². The van der Waals surface area contributed by atoms with Gasteiger partial charge in [-0.15, -0.1) is 0 Å². The Morgan fingerprint density at radius 2 is 2.29 bits per heavy atom. The van der Waals surface area contributed by atoms with Crippen molar-refractivity contribution in [3.63, 3.8) is 0 Å². The molecule has 90 valence electrons. The predicted octanol–water partition coefficient (Wildman–Crippen LogP) is 1.37. The van der Waals surface area contributed by atoms with Crippen LogP contribution in [0.5, 0.6) is 0 Å². The first-order valence-corrected chi connectivity index (χ1v) is 6.19. The van der Waals surface area contributed by atoms with Crippen LogP contribution in [0.4, 0.5) is 0 Å². The molecule has 2 rings (SSSR count). The minimum absolute atomic E-state index is 0.296. The van der Waals surface area contributed by atoms with E-state index in [2.05, 4.69) is 26.0 Å². The van der Waals surface area contributed by atoms with E-state index in [-0.39, 0.29) is 0 Å². The van der Waals surface area contributed by atoms with Crippen molar-refractivity contribution in [1.82, 2.24) is 19.3 Å². The summed E-state index contributed by atoms with van der Waals surface area (Å²) in [4.78, 5) is 4.43. The molecule has 5 nitrogen and oxygen atoms in total. The van der Waals surface area contributed by atoms with E-state index < -0.39 is 0 Å². The molecule has 17 heavy (non-hydrogen) atoms. The predicted molar refractivity (Wildman–Crippen MR) is 72.9 cm³/mol. The quantitative estimate of drug-likeness (QED) is 0.869. The number of aryl methyl sites for hydroxylation is 2. The van der Waals surface area contributed by atoms with E-state index in [0.29, 0.717) is 17.4 Å². The van der Waals surface area contributed by atoms with Gasteiger partial charge in [-0.2, -0.15) is 5.10 Å². The molecule has 0 atom stereocenters. The molecule has 0 aliphatic carbocycles. The van der Waals surface area contributed by atoms with Crippen molar-refractivity contribution >= 4 is 33.1 Å². The minimum atomic E-state index is 0.296. The number of thiocarbonyl (C=S) groups is 1. The third-order valence-corrected chi connectivity index (χ3v) is 3.73. The van der Waals surface area contributed by atoms with Gasteiger partial charge in [-0.05, 0) is 22.9 Å². The number of hydrogen-bond donors (Lipinski definition) is 1. The van der Waals surface area contributed by atoms with Crippen LogP contribution >= 0.6 is 28.1 Å². The second kappa shape index (κ2) is 4.58. The molecule has 0 amide bonds. The molecule has 0 bridgehead atoms. The van der Waals surface area contributed by atoms with E-state index in [4.69, 9.17) is 18.0 Å². The van der Waals surface area contributed by atoms with Crippen molar-refractivity contribution in [2.75, 3.05) is 0 Å². The number of rotatable bonds is 3. The van der Waals surface area contributed by atoms with E-state index in [0.717, 1.165) is 15.9 Å². The van der Waals surface area contributed by atoms with Gasteiger partial charge in [0, 0.05) is 19.4 Å². The first-order valence-electron chi connectivity index (χ1n) is 4.99. The lowest BCUT2D eigenvalue weighted by Crippen LogP contribution is -2.18. The lowest BCUT2D eigenvalue weighted by Gasteiger charge is -2.07. The minimum Gasteiger partial charge on any atom is -0.387 e. The third kappa shape index (κ3) is 2.25. The number of nitrogens with two attached hydrogens (primary N) is 1. The third-order valence-electron chi connectivity index (χ3n) is 2.52. The zero-order chi connectivity index (χ0) is 12.6. The Morgan fingerprint density at radius 3 is 2.82 bits per heavy atom. The normalized spacial score (nSPS) is 10.8. The van der Waals surface area contributed by atoms with Crippen molar-refractivity contribution in [2.45, 2.75) is 13.5 Å². The number of imidazole rings is 1. The Morgan fingerprint density at radius 1 is 1.59 bits per heavy atom. The lowest BCUT2D eigenvalue weighted by atomic mass is 10.3. The summed E-state index contributed by atoms with van der Waals surface area (Å²) in [5.74, 6) is 0.616. The average Bonchev–Trinajstić information content (AvgIpc) is 2.80. The Kier molecular flexibility index (Phi) is 3.30. The van der Waals surface area contributed by atoms with Crippen molar-refractivity contribution in [1.29, 1.82) is 0 Å². The standard InChI is InChI=1S/C10H12BrN5S/c1-6-8(11)7(15(2)14-6)5-16-4-3-13-10(16)9(12)17/h3-4H,5H2,1-2H3,(H2,12,17). The first kappa shape index (κ1) is 12.3. The van der Waals surface area contributed by atoms with Gasteiger partial charge < -0.3 is 10.3 Å². The van der Waals surface area contributed by atoms with E-state index in [1.165, 1.54) is 0 Å². The van der Waals surface area contributed by atoms with Crippen LogP contribution in [0.15, 0.2) is 16.9 Å². The molecule has 0 aromatic carbocycles. The summed E-state index contributed by atoms with van der Waals surface area (Å²) in [5, 5.41) is 4.34. The molecular formula is C10H12BrN5S. The van der Waals surface area contributed by atoms with E-state index in [1.807, 2.05) is 29.4 Å². The molecule has 0 unspecified atom stereocenters. The highest BCUT2D eigenvalue weighted by Crippen LogP contribution is 2.21. The summed E-state index contributed by atoms with van der Waals surface area (Å²) in [6.45, 7) is 2.58. The van der Waals surface area contributed by atoms with Crippen molar-refractivity contribution in [3.05, 3.63) is 34.1 Å². The van der Waals surface area contributed by atoms with Gasteiger partial charge in [-0.1, -0.05) is 12.2 Å². The molecule has 2 heterocycles. The second-order valence-electron chi connectivity index (χ2n) is 3.71. The zero-order valence-electron chi connectivity index (χ0n) is 9.51. The molecule has 0 spiro atoms. The highest BCUT2D eigenvalue weighted by atomic mass is 79.9. The Bertz CT molecular complexity index is 571. The number of aromatic nitrogens is 4.